The minimum absolute atomic E-state index is 0.419. The highest BCUT2D eigenvalue weighted by Crippen LogP contribution is 2.16. The first-order chi connectivity index (χ1) is 6.50. The Balaban J connectivity index is 4.06. The maximum atomic E-state index is 3.73. The predicted octanol–water partition coefficient (Wildman–Crippen LogP) is 1.00. The Hall–Kier alpha value is 0.137. The zero-order valence-electron chi connectivity index (χ0n) is 10.9. The minimum atomic E-state index is 0.419. The average Bonchev–Trinajstić information content (AvgIpc) is 2.18. The maximum Gasteiger partial charge on any atom is 0.0481 e. The van der Waals surface area contributed by atoms with Gasteiger partial charge in [0.25, 0.3) is 0 Å². The van der Waals surface area contributed by atoms with E-state index < -0.39 is 0 Å². The molecule has 0 bridgehead atoms. The first-order valence-electron chi connectivity index (χ1n) is 5.97. The fourth-order valence-electron chi connectivity index (χ4n) is 1.48. The lowest BCUT2D eigenvalue weighted by molar-refractivity contribution is 0.224. The summed E-state index contributed by atoms with van der Waals surface area (Å²) >= 11 is 0. The Morgan fingerprint density at radius 1 is 1.21 bits per heavy atom. The van der Waals surface area contributed by atoms with Crippen molar-refractivity contribution >= 4 is 10.2 Å². The number of rotatable bonds is 7. The van der Waals surface area contributed by atoms with Gasteiger partial charge >= 0.3 is 0 Å². The zero-order chi connectivity index (χ0) is 11.2. The van der Waals surface area contributed by atoms with Gasteiger partial charge in [-0.3, -0.25) is 4.90 Å². The van der Waals surface area contributed by atoms with E-state index in [0.717, 1.165) is 25.7 Å². The first-order valence-corrected chi connectivity index (χ1v) is 6.97. The average molecular weight is 216 g/mol. The van der Waals surface area contributed by atoms with Crippen molar-refractivity contribution in [2.45, 2.75) is 46.2 Å². The fourth-order valence-corrected chi connectivity index (χ4v) is 1.64. The van der Waals surface area contributed by atoms with Crippen LogP contribution < -0.4 is 5.32 Å². The molecule has 1 atom stereocenters. The van der Waals surface area contributed by atoms with Crippen LogP contribution in [0, 0.1) is 5.92 Å². The quantitative estimate of drug-likeness (QED) is 0.505. The second-order valence-electron chi connectivity index (χ2n) is 4.56. The van der Waals surface area contributed by atoms with Gasteiger partial charge in [0, 0.05) is 22.1 Å². The standard InChI is InChI=1S/C11H28N2Si/c1-6-11(14,10(4)5)12-9-13(7-2)8-3/h10,12H,6-9H2,1-5,14H3. The third-order valence-corrected chi connectivity index (χ3v) is 5.83. The third-order valence-electron chi connectivity index (χ3n) is 3.61. The summed E-state index contributed by atoms with van der Waals surface area (Å²) in [6, 6.07) is 0. The van der Waals surface area contributed by atoms with Gasteiger partial charge in [-0.2, -0.15) is 0 Å². The lowest BCUT2D eigenvalue weighted by Gasteiger charge is -2.36. The van der Waals surface area contributed by atoms with E-state index in [2.05, 4.69) is 44.8 Å². The Kier molecular flexibility index (Phi) is 6.65. The number of nitrogens with one attached hydrogen (secondary N) is 1. The van der Waals surface area contributed by atoms with Crippen molar-refractivity contribution in [3.63, 3.8) is 0 Å². The molecule has 0 saturated carbocycles. The van der Waals surface area contributed by atoms with E-state index in [-0.39, 0.29) is 0 Å². The van der Waals surface area contributed by atoms with Gasteiger partial charge in [-0.15, -0.1) is 0 Å². The van der Waals surface area contributed by atoms with E-state index in [1.807, 2.05) is 0 Å². The van der Waals surface area contributed by atoms with Gasteiger partial charge in [-0.25, -0.2) is 0 Å². The first kappa shape index (κ1) is 14.1. The molecule has 0 aliphatic carbocycles. The molecule has 0 aromatic heterocycles. The molecule has 86 valence electrons. The molecule has 0 rings (SSSR count). The van der Waals surface area contributed by atoms with E-state index >= 15 is 0 Å². The second-order valence-corrected chi connectivity index (χ2v) is 6.35. The van der Waals surface area contributed by atoms with Gasteiger partial charge in [-0.1, -0.05) is 34.6 Å². The van der Waals surface area contributed by atoms with Crippen LogP contribution in [-0.2, 0) is 0 Å². The molecule has 0 radical (unpaired) electrons. The summed E-state index contributed by atoms with van der Waals surface area (Å²) in [5, 5.41) is 4.15. The van der Waals surface area contributed by atoms with E-state index in [0.29, 0.717) is 5.16 Å². The molecule has 0 amide bonds. The summed E-state index contributed by atoms with van der Waals surface area (Å²) in [5.41, 5.74) is 0. The molecule has 14 heavy (non-hydrogen) atoms. The highest BCUT2D eigenvalue weighted by Gasteiger charge is 2.25. The molecule has 0 heterocycles. The van der Waals surface area contributed by atoms with Gasteiger partial charge in [0.05, 0.1) is 0 Å². The summed E-state index contributed by atoms with van der Waals surface area (Å²) in [6.45, 7) is 14.7. The third kappa shape index (κ3) is 4.11. The molecule has 2 nitrogen and oxygen atoms in total. The highest BCUT2D eigenvalue weighted by atomic mass is 28.1. The van der Waals surface area contributed by atoms with Crippen molar-refractivity contribution in [3.05, 3.63) is 0 Å². The van der Waals surface area contributed by atoms with Crippen LogP contribution in [0.4, 0.5) is 0 Å². The van der Waals surface area contributed by atoms with Crippen molar-refractivity contribution in [2.24, 2.45) is 5.92 Å². The van der Waals surface area contributed by atoms with Crippen molar-refractivity contribution in [3.8, 4) is 0 Å². The van der Waals surface area contributed by atoms with Crippen LogP contribution in [0.1, 0.15) is 41.0 Å². The smallest absolute Gasteiger partial charge is 0.0481 e. The molecule has 0 spiro atoms. The number of hydrogen-bond acceptors (Lipinski definition) is 2. The minimum Gasteiger partial charge on any atom is -0.302 e. The van der Waals surface area contributed by atoms with Gasteiger partial charge < -0.3 is 5.32 Å². The van der Waals surface area contributed by atoms with Gasteiger partial charge in [0.1, 0.15) is 0 Å². The Morgan fingerprint density at radius 3 is 2.00 bits per heavy atom. The highest BCUT2D eigenvalue weighted by molar-refractivity contribution is 6.15. The molecule has 0 aromatic rings. The molecular weight excluding hydrogens is 188 g/mol. The molecule has 0 fully saturated rings. The zero-order valence-corrected chi connectivity index (χ0v) is 12.9. The summed E-state index contributed by atoms with van der Waals surface area (Å²) in [4.78, 5) is 2.44. The second kappa shape index (κ2) is 6.59. The van der Waals surface area contributed by atoms with Crippen LogP contribution in [0.25, 0.3) is 0 Å². The molecule has 1 N–H and O–H groups in total. The van der Waals surface area contributed by atoms with Gasteiger partial charge in [0.2, 0.25) is 0 Å². The Labute approximate surface area is 92.9 Å². The molecule has 0 aromatic carbocycles. The van der Waals surface area contributed by atoms with E-state index in [1.54, 1.807) is 0 Å². The number of nitrogens with zero attached hydrogens (tertiary/aromatic N) is 1. The Bertz CT molecular complexity index is 146. The van der Waals surface area contributed by atoms with Crippen LogP contribution in [0.3, 0.4) is 0 Å². The predicted molar refractivity (Wildman–Crippen MR) is 68.7 cm³/mol. The SMILES string of the molecule is CCN(CC)CNC([SiH3])(CC)C(C)C. The molecule has 0 aliphatic rings. The van der Waals surface area contributed by atoms with Crippen molar-refractivity contribution in [2.75, 3.05) is 19.8 Å². The largest absolute Gasteiger partial charge is 0.302 e. The van der Waals surface area contributed by atoms with Crippen molar-refractivity contribution in [1.29, 1.82) is 0 Å². The van der Waals surface area contributed by atoms with Crippen LogP contribution in [-0.4, -0.2) is 40.1 Å². The van der Waals surface area contributed by atoms with Crippen LogP contribution >= 0.6 is 0 Å². The summed E-state index contributed by atoms with van der Waals surface area (Å²) in [5.74, 6) is 0.745. The van der Waals surface area contributed by atoms with Crippen molar-refractivity contribution in [1.82, 2.24) is 10.2 Å². The number of hydrogen-bond donors (Lipinski definition) is 1. The molecule has 0 aliphatic heterocycles. The van der Waals surface area contributed by atoms with E-state index in [9.17, 15) is 0 Å². The maximum absolute atomic E-state index is 3.73. The van der Waals surface area contributed by atoms with Crippen LogP contribution in [0.5, 0.6) is 0 Å². The van der Waals surface area contributed by atoms with Crippen molar-refractivity contribution < 1.29 is 0 Å². The fraction of sp³-hybridized carbons (Fsp3) is 1.00. The van der Waals surface area contributed by atoms with Gasteiger partial charge in [0.15, 0.2) is 0 Å². The molecule has 3 heteroatoms. The van der Waals surface area contributed by atoms with E-state index in [1.165, 1.54) is 16.7 Å². The summed E-state index contributed by atoms with van der Waals surface area (Å²) in [6.07, 6.45) is 1.25. The summed E-state index contributed by atoms with van der Waals surface area (Å²) in [7, 11) is 1.23. The summed E-state index contributed by atoms with van der Waals surface area (Å²) < 4.78 is 0. The monoisotopic (exact) mass is 216 g/mol. The lowest BCUT2D eigenvalue weighted by Crippen LogP contribution is -2.53. The molecule has 1 unspecified atom stereocenters. The van der Waals surface area contributed by atoms with Crippen LogP contribution in [0.15, 0.2) is 0 Å². The topological polar surface area (TPSA) is 15.3 Å². The molecular formula is C11H28N2Si. The van der Waals surface area contributed by atoms with Gasteiger partial charge in [-0.05, 0) is 25.4 Å². The lowest BCUT2D eigenvalue weighted by atomic mass is 10.0. The van der Waals surface area contributed by atoms with Crippen LogP contribution in [0.2, 0.25) is 0 Å². The Morgan fingerprint density at radius 2 is 1.71 bits per heavy atom. The normalized spacial score (nSPS) is 16.5. The van der Waals surface area contributed by atoms with E-state index in [4.69, 9.17) is 0 Å². The molecule has 0 saturated heterocycles.